The van der Waals surface area contributed by atoms with Crippen molar-refractivity contribution in [3.63, 3.8) is 0 Å². The highest BCUT2D eigenvalue weighted by Gasteiger charge is 2.22. The van der Waals surface area contributed by atoms with Crippen molar-refractivity contribution in [3.05, 3.63) is 0 Å². The van der Waals surface area contributed by atoms with Crippen LogP contribution in [0.2, 0.25) is 0 Å². The summed E-state index contributed by atoms with van der Waals surface area (Å²) in [6.07, 6.45) is 19.9. The Kier molecular flexibility index (Phi) is 13.9. The van der Waals surface area contributed by atoms with Crippen LogP contribution < -0.4 is 0 Å². The number of hydrogen-bond acceptors (Lipinski definition) is 3. The van der Waals surface area contributed by atoms with Crippen LogP contribution in [0.3, 0.4) is 0 Å². The summed E-state index contributed by atoms with van der Waals surface area (Å²) >= 11 is 0. The molecule has 1 N–H and O–H groups in total. The van der Waals surface area contributed by atoms with E-state index < -0.39 is 7.82 Å². The summed E-state index contributed by atoms with van der Waals surface area (Å²) in [5.41, 5.74) is 0. The van der Waals surface area contributed by atoms with Gasteiger partial charge >= 0.3 is 7.82 Å². The molecule has 0 aliphatic heterocycles. The number of unbranched alkanes of at least 4 members (excludes halogenated alkanes) is 2. The Morgan fingerprint density at radius 2 is 1.29 bits per heavy atom. The van der Waals surface area contributed by atoms with Crippen LogP contribution in [0.1, 0.15) is 96.3 Å². The Hall–Kier alpha value is 0.0700. The van der Waals surface area contributed by atoms with E-state index >= 15 is 0 Å². The van der Waals surface area contributed by atoms with Gasteiger partial charge in [-0.05, 0) is 12.3 Å². The molecule has 1 aliphatic rings. The number of nitrogens with zero attached hydrogens (tertiary/aromatic N) is 1. The predicted octanol–water partition coefficient (Wildman–Crippen LogP) is 6.31. The lowest BCUT2D eigenvalue weighted by atomic mass is 9.89. The van der Waals surface area contributed by atoms with Crippen molar-refractivity contribution in [2.75, 3.05) is 40.9 Å². The van der Waals surface area contributed by atoms with Crippen LogP contribution in [-0.4, -0.2) is 50.3 Å². The lowest BCUT2D eigenvalue weighted by Gasteiger charge is -2.24. The van der Waals surface area contributed by atoms with Gasteiger partial charge in [0.05, 0.1) is 27.7 Å². The molecule has 0 aromatic carbocycles. The molecule has 0 amide bonds. The first-order valence-corrected chi connectivity index (χ1v) is 13.2. The van der Waals surface area contributed by atoms with Crippen molar-refractivity contribution in [2.24, 2.45) is 5.92 Å². The average Bonchev–Trinajstić information content (AvgIpc) is 2.58. The fourth-order valence-corrected chi connectivity index (χ4v) is 4.64. The summed E-state index contributed by atoms with van der Waals surface area (Å²) in [5.74, 6) is 0.878. The van der Waals surface area contributed by atoms with Crippen LogP contribution >= 0.6 is 7.82 Å². The molecule has 1 rings (SSSR count). The van der Waals surface area contributed by atoms with Gasteiger partial charge in [-0.25, -0.2) is 4.57 Å². The molecule has 0 spiro atoms. The largest absolute Gasteiger partial charge is 0.472 e. The normalized spacial score (nSPS) is 20.9. The van der Waals surface area contributed by atoms with Gasteiger partial charge in [-0.2, -0.15) is 0 Å². The van der Waals surface area contributed by atoms with Crippen molar-refractivity contribution in [1.29, 1.82) is 0 Å². The van der Waals surface area contributed by atoms with E-state index in [0.717, 1.165) is 18.8 Å². The van der Waals surface area contributed by atoms with Gasteiger partial charge < -0.3 is 9.38 Å². The van der Waals surface area contributed by atoms with Crippen LogP contribution in [-0.2, 0) is 13.6 Å². The molecule has 28 heavy (non-hydrogen) atoms. The highest BCUT2D eigenvalue weighted by Crippen LogP contribution is 2.43. The minimum absolute atomic E-state index is 0.235. The first-order chi connectivity index (χ1) is 13.3. The van der Waals surface area contributed by atoms with Crippen molar-refractivity contribution in [2.45, 2.75) is 96.3 Å². The number of phosphoric acid groups is 1. The fraction of sp³-hybridized carbons (Fsp3) is 1.00. The molecule has 0 aromatic rings. The molecule has 6 heteroatoms. The van der Waals surface area contributed by atoms with E-state index in [0.29, 0.717) is 17.6 Å². The number of quaternary nitrogens is 1. The summed E-state index contributed by atoms with van der Waals surface area (Å²) in [6, 6.07) is 0. The summed E-state index contributed by atoms with van der Waals surface area (Å²) < 4.78 is 22.7. The minimum Gasteiger partial charge on any atom is -0.329 e. The Morgan fingerprint density at radius 1 is 0.786 bits per heavy atom. The van der Waals surface area contributed by atoms with E-state index in [-0.39, 0.29) is 6.61 Å². The third kappa shape index (κ3) is 15.9. The van der Waals surface area contributed by atoms with Gasteiger partial charge in [0, 0.05) is 0 Å². The van der Waals surface area contributed by atoms with Crippen LogP contribution in [0.4, 0.5) is 0 Å². The zero-order chi connectivity index (χ0) is 20.7. The Morgan fingerprint density at radius 3 is 1.82 bits per heavy atom. The molecule has 0 saturated heterocycles. The van der Waals surface area contributed by atoms with Gasteiger partial charge in [0.25, 0.3) is 0 Å². The van der Waals surface area contributed by atoms with Crippen LogP contribution in [0.25, 0.3) is 0 Å². The molecule has 1 saturated carbocycles. The SMILES string of the molecule is C[N+](C)(C)CCOP(=O)(O)OCCCCCC1CCCCCCCCCCC1. The molecule has 0 radical (unpaired) electrons. The van der Waals surface area contributed by atoms with E-state index in [9.17, 15) is 9.46 Å². The maximum Gasteiger partial charge on any atom is 0.472 e. The second-order valence-corrected chi connectivity index (χ2v) is 11.1. The van der Waals surface area contributed by atoms with E-state index in [1.165, 1.54) is 83.5 Å². The Balaban J connectivity index is 2.11. The van der Waals surface area contributed by atoms with Crippen LogP contribution in [0.15, 0.2) is 0 Å². The highest BCUT2D eigenvalue weighted by molar-refractivity contribution is 7.47. The van der Waals surface area contributed by atoms with Gasteiger partial charge in [-0.3, -0.25) is 9.05 Å². The lowest BCUT2D eigenvalue weighted by Crippen LogP contribution is -2.37. The van der Waals surface area contributed by atoms with Crippen molar-refractivity contribution >= 4 is 7.82 Å². The third-order valence-electron chi connectivity index (χ3n) is 5.75. The fourth-order valence-electron chi connectivity index (χ4n) is 3.90. The molecule has 5 nitrogen and oxygen atoms in total. The monoisotopic (exact) mass is 420 g/mol. The first kappa shape index (κ1) is 26.1. The van der Waals surface area contributed by atoms with Crippen LogP contribution in [0.5, 0.6) is 0 Å². The molecule has 168 valence electrons. The smallest absolute Gasteiger partial charge is 0.329 e. The molecule has 1 fully saturated rings. The summed E-state index contributed by atoms with van der Waals surface area (Å²) in [5, 5.41) is 0. The van der Waals surface area contributed by atoms with Crippen LogP contribution in [0, 0.1) is 5.92 Å². The zero-order valence-corrected chi connectivity index (χ0v) is 19.8. The van der Waals surface area contributed by atoms with E-state index in [4.69, 9.17) is 9.05 Å². The Bertz CT molecular complexity index is 413. The third-order valence-corrected chi connectivity index (χ3v) is 6.77. The Labute approximate surface area is 174 Å². The lowest BCUT2D eigenvalue weighted by molar-refractivity contribution is -0.870. The van der Waals surface area contributed by atoms with Crippen molar-refractivity contribution in [1.82, 2.24) is 0 Å². The van der Waals surface area contributed by atoms with E-state index in [1.807, 2.05) is 21.1 Å². The summed E-state index contributed by atoms with van der Waals surface area (Å²) in [6.45, 7) is 1.22. The molecule has 0 heterocycles. The second-order valence-electron chi connectivity index (χ2n) is 9.62. The number of rotatable bonds is 11. The number of phosphoric ester groups is 1. The standard InChI is InChI=1S/C22H46NO4P/c1-23(2,3)19-21-27-28(24,25)26-20-15-11-14-18-22-16-12-9-7-5-4-6-8-10-13-17-22/h22H,4-21H2,1-3H3/p+1. The summed E-state index contributed by atoms with van der Waals surface area (Å²) in [4.78, 5) is 9.73. The average molecular weight is 421 g/mol. The molecular formula is C22H47NO4P+. The summed E-state index contributed by atoms with van der Waals surface area (Å²) in [7, 11) is 2.18. The highest BCUT2D eigenvalue weighted by atomic mass is 31.2. The van der Waals surface area contributed by atoms with Gasteiger partial charge in [0.2, 0.25) is 0 Å². The van der Waals surface area contributed by atoms with E-state index in [2.05, 4.69) is 0 Å². The maximum absolute atomic E-state index is 11.9. The quantitative estimate of drug-likeness (QED) is 0.242. The maximum atomic E-state index is 11.9. The van der Waals surface area contributed by atoms with E-state index in [1.54, 1.807) is 0 Å². The van der Waals surface area contributed by atoms with Gasteiger partial charge in [-0.15, -0.1) is 0 Å². The zero-order valence-electron chi connectivity index (χ0n) is 18.9. The predicted molar refractivity (Wildman–Crippen MR) is 117 cm³/mol. The van der Waals surface area contributed by atoms with Gasteiger partial charge in [0.1, 0.15) is 13.2 Å². The topological polar surface area (TPSA) is 55.8 Å². The van der Waals surface area contributed by atoms with Gasteiger partial charge in [-0.1, -0.05) is 89.9 Å². The van der Waals surface area contributed by atoms with Crippen molar-refractivity contribution in [3.8, 4) is 0 Å². The molecule has 1 aliphatic carbocycles. The molecular weight excluding hydrogens is 373 g/mol. The molecule has 1 unspecified atom stereocenters. The molecule has 0 aromatic heterocycles. The van der Waals surface area contributed by atoms with Crippen molar-refractivity contribution < 1.29 is 23.0 Å². The second kappa shape index (κ2) is 15.0. The number of likely N-dealkylation sites (N-methyl/N-ethyl adjacent to an activating group) is 1. The minimum atomic E-state index is -3.89. The molecule has 0 bridgehead atoms. The van der Waals surface area contributed by atoms with Gasteiger partial charge in [0.15, 0.2) is 0 Å². The molecule has 1 atom stereocenters. The first-order valence-electron chi connectivity index (χ1n) is 11.7. The number of hydrogen-bond donors (Lipinski definition) is 1.